The zero-order chi connectivity index (χ0) is 13.2. The lowest BCUT2D eigenvalue weighted by atomic mass is 9.70. The van der Waals surface area contributed by atoms with E-state index >= 15 is 0 Å². The summed E-state index contributed by atoms with van der Waals surface area (Å²) >= 11 is 0. The third-order valence-electron chi connectivity index (χ3n) is 4.25. The summed E-state index contributed by atoms with van der Waals surface area (Å²) in [5.74, 6) is 0.994. The van der Waals surface area contributed by atoms with E-state index in [1.54, 1.807) is 7.11 Å². The average Bonchev–Trinajstić information content (AvgIpc) is 2.33. The van der Waals surface area contributed by atoms with Crippen LogP contribution in [0.15, 0.2) is 18.2 Å². The van der Waals surface area contributed by atoms with Gasteiger partial charge in [0.15, 0.2) is 0 Å². The van der Waals surface area contributed by atoms with Crippen LogP contribution in [-0.2, 0) is 0 Å². The van der Waals surface area contributed by atoms with Crippen molar-refractivity contribution < 1.29 is 4.74 Å². The summed E-state index contributed by atoms with van der Waals surface area (Å²) in [7, 11) is 1.75. The molecule has 0 spiro atoms. The molecule has 1 unspecified atom stereocenters. The predicted molar refractivity (Wildman–Crippen MR) is 76.1 cm³/mol. The van der Waals surface area contributed by atoms with Gasteiger partial charge in [-0.1, -0.05) is 25.5 Å². The number of rotatable bonds is 5. The molecule has 1 aliphatic carbocycles. The van der Waals surface area contributed by atoms with Crippen LogP contribution in [0.25, 0.3) is 0 Å². The van der Waals surface area contributed by atoms with E-state index in [2.05, 4.69) is 44.3 Å². The Kier molecular flexibility index (Phi) is 3.96. The molecule has 1 N–H and O–H groups in total. The first-order valence-corrected chi connectivity index (χ1v) is 6.92. The van der Waals surface area contributed by atoms with Crippen molar-refractivity contribution in [3.8, 4) is 5.75 Å². The van der Waals surface area contributed by atoms with Crippen molar-refractivity contribution in [1.82, 2.24) is 5.32 Å². The summed E-state index contributed by atoms with van der Waals surface area (Å²) in [6.07, 6.45) is 4.11. The van der Waals surface area contributed by atoms with Crippen molar-refractivity contribution in [3.05, 3.63) is 29.3 Å². The van der Waals surface area contributed by atoms with Gasteiger partial charge < -0.3 is 10.1 Å². The molecule has 1 aromatic carbocycles. The maximum Gasteiger partial charge on any atom is 0.123 e. The highest BCUT2D eigenvalue weighted by Gasteiger charge is 2.31. The summed E-state index contributed by atoms with van der Waals surface area (Å²) in [6, 6.07) is 6.78. The van der Waals surface area contributed by atoms with Crippen LogP contribution in [0.3, 0.4) is 0 Å². The van der Waals surface area contributed by atoms with E-state index in [1.165, 1.54) is 30.4 Å². The van der Waals surface area contributed by atoms with Gasteiger partial charge >= 0.3 is 0 Å². The molecule has 0 heterocycles. The molecular weight excluding hydrogens is 222 g/mol. The van der Waals surface area contributed by atoms with Gasteiger partial charge in [0.25, 0.3) is 0 Å². The molecule has 1 atom stereocenters. The highest BCUT2D eigenvalue weighted by Crippen LogP contribution is 2.40. The maximum absolute atomic E-state index is 5.48. The lowest BCUT2D eigenvalue weighted by molar-refractivity contribution is 0.151. The van der Waals surface area contributed by atoms with Gasteiger partial charge in [-0.05, 0) is 43.7 Å². The van der Waals surface area contributed by atoms with Crippen LogP contribution in [0.4, 0.5) is 0 Å². The van der Waals surface area contributed by atoms with Crippen LogP contribution in [-0.4, -0.2) is 13.7 Å². The monoisotopic (exact) mass is 247 g/mol. The first-order chi connectivity index (χ1) is 8.54. The fraction of sp³-hybridized carbons (Fsp3) is 0.625. The van der Waals surface area contributed by atoms with Crippen molar-refractivity contribution in [3.63, 3.8) is 0 Å². The fourth-order valence-corrected chi connectivity index (χ4v) is 2.64. The summed E-state index contributed by atoms with van der Waals surface area (Å²) in [6.45, 7) is 7.79. The molecular formula is C16H25NO. The number of hydrogen-bond acceptors (Lipinski definition) is 2. The Labute approximate surface area is 111 Å². The fourth-order valence-electron chi connectivity index (χ4n) is 2.64. The molecule has 0 bridgehead atoms. The second kappa shape index (κ2) is 5.31. The minimum atomic E-state index is 0.345. The Bertz CT molecular complexity index is 410. The highest BCUT2D eigenvalue weighted by molar-refractivity contribution is 5.39. The Hall–Kier alpha value is -1.02. The van der Waals surface area contributed by atoms with Gasteiger partial charge in [0, 0.05) is 18.2 Å². The lowest BCUT2D eigenvalue weighted by Gasteiger charge is -2.39. The lowest BCUT2D eigenvalue weighted by Crippen LogP contribution is -2.38. The predicted octanol–water partition coefficient (Wildman–Crippen LogP) is 3.84. The quantitative estimate of drug-likeness (QED) is 0.853. The van der Waals surface area contributed by atoms with Crippen molar-refractivity contribution in [2.24, 2.45) is 5.41 Å². The van der Waals surface area contributed by atoms with E-state index in [-0.39, 0.29) is 0 Å². The Morgan fingerprint density at radius 2 is 2.11 bits per heavy atom. The molecule has 2 nitrogen and oxygen atoms in total. The van der Waals surface area contributed by atoms with Crippen molar-refractivity contribution in [2.45, 2.75) is 46.1 Å². The molecule has 2 rings (SSSR count). The minimum Gasteiger partial charge on any atom is -0.496 e. The molecule has 0 aromatic heterocycles. The summed E-state index contributed by atoms with van der Waals surface area (Å²) < 4.78 is 5.48. The smallest absolute Gasteiger partial charge is 0.123 e. The van der Waals surface area contributed by atoms with Gasteiger partial charge in [-0.25, -0.2) is 0 Å². The Morgan fingerprint density at radius 3 is 2.67 bits per heavy atom. The molecule has 18 heavy (non-hydrogen) atoms. The van der Waals surface area contributed by atoms with Crippen LogP contribution >= 0.6 is 0 Å². The van der Waals surface area contributed by atoms with Crippen LogP contribution < -0.4 is 10.1 Å². The number of hydrogen-bond donors (Lipinski definition) is 1. The van der Waals surface area contributed by atoms with Gasteiger partial charge in [-0.3, -0.25) is 0 Å². The second-order valence-corrected chi connectivity index (χ2v) is 6.01. The zero-order valence-electron chi connectivity index (χ0n) is 12.0. The van der Waals surface area contributed by atoms with Crippen molar-refractivity contribution >= 4 is 0 Å². The van der Waals surface area contributed by atoms with E-state index in [4.69, 9.17) is 4.74 Å². The molecule has 100 valence electrons. The van der Waals surface area contributed by atoms with Crippen molar-refractivity contribution in [1.29, 1.82) is 0 Å². The van der Waals surface area contributed by atoms with Gasteiger partial charge in [0.2, 0.25) is 0 Å². The van der Waals surface area contributed by atoms with Gasteiger partial charge in [0.05, 0.1) is 7.11 Å². The topological polar surface area (TPSA) is 21.3 Å². The summed E-state index contributed by atoms with van der Waals surface area (Å²) in [5, 5.41) is 3.66. The number of benzene rings is 1. The number of ether oxygens (including phenoxy) is 1. The van der Waals surface area contributed by atoms with E-state index < -0.39 is 0 Å². The SMILES string of the molecule is COc1cc(C)ccc1C(C)NCC1(C)CCC1. The molecule has 0 aliphatic heterocycles. The van der Waals surface area contributed by atoms with Crippen LogP contribution in [0.5, 0.6) is 5.75 Å². The molecule has 1 saturated carbocycles. The molecule has 0 saturated heterocycles. The van der Waals surface area contributed by atoms with Crippen LogP contribution in [0.1, 0.15) is 50.3 Å². The number of aryl methyl sites for hydroxylation is 1. The summed E-state index contributed by atoms with van der Waals surface area (Å²) in [4.78, 5) is 0. The molecule has 1 aromatic rings. The third kappa shape index (κ3) is 2.86. The maximum atomic E-state index is 5.48. The first kappa shape index (κ1) is 13.4. The molecule has 1 fully saturated rings. The van der Waals surface area contributed by atoms with E-state index in [9.17, 15) is 0 Å². The molecule has 0 radical (unpaired) electrons. The average molecular weight is 247 g/mol. The first-order valence-electron chi connectivity index (χ1n) is 6.92. The standard InChI is InChI=1S/C16H25NO/c1-12-6-7-14(15(10-12)18-4)13(2)17-11-16(3)8-5-9-16/h6-7,10,13,17H,5,8-9,11H2,1-4H3. The van der Waals surface area contributed by atoms with Gasteiger partial charge in [0.1, 0.15) is 5.75 Å². The Balaban J connectivity index is 2.01. The molecule has 1 aliphatic rings. The van der Waals surface area contributed by atoms with Crippen LogP contribution in [0, 0.1) is 12.3 Å². The third-order valence-corrected chi connectivity index (χ3v) is 4.25. The highest BCUT2D eigenvalue weighted by atomic mass is 16.5. The van der Waals surface area contributed by atoms with Crippen molar-refractivity contribution in [2.75, 3.05) is 13.7 Å². The normalized spacial score (nSPS) is 19.1. The van der Waals surface area contributed by atoms with Crippen LogP contribution in [0.2, 0.25) is 0 Å². The van der Waals surface area contributed by atoms with Gasteiger partial charge in [-0.2, -0.15) is 0 Å². The number of nitrogens with one attached hydrogen (secondary N) is 1. The number of methoxy groups -OCH3 is 1. The summed E-state index contributed by atoms with van der Waals surface area (Å²) in [5.41, 5.74) is 3.02. The zero-order valence-corrected chi connectivity index (χ0v) is 12.0. The van der Waals surface area contributed by atoms with E-state index in [0.29, 0.717) is 11.5 Å². The Morgan fingerprint density at radius 1 is 1.39 bits per heavy atom. The molecule has 2 heteroatoms. The second-order valence-electron chi connectivity index (χ2n) is 6.01. The van der Waals surface area contributed by atoms with E-state index in [0.717, 1.165) is 12.3 Å². The van der Waals surface area contributed by atoms with E-state index in [1.807, 2.05) is 0 Å². The molecule has 0 amide bonds. The minimum absolute atomic E-state index is 0.345. The largest absolute Gasteiger partial charge is 0.496 e. The van der Waals surface area contributed by atoms with Gasteiger partial charge in [-0.15, -0.1) is 0 Å².